The number of anilines is 1. The van der Waals surface area contributed by atoms with Crippen molar-refractivity contribution in [3.63, 3.8) is 0 Å². The Morgan fingerprint density at radius 3 is 2.55 bits per heavy atom. The van der Waals surface area contributed by atoms with Crippen molar-refractivity contribution in [3.8, 4) is 0 Å². The van der Waals surface area contributed by atoms with Gasteiger partial charge in [0.25, 0.3) is 0 Å². The summed E-state index contributed by atoms with van der Waals surface area (Å²) in [4.78, 5) is 2.04. The van der Waals surface area contributed by atoms with Crippen LogP contribution in [0.25, 0.3) is 0 Å². The number of benzene rings is 1. The molecule has 0 aromatic heterocycles. The third-order valence-corrected chi connectivity index (χ3v) is 4.69. The molecule has 1 saturated heterocycles. The van der Waals surface area contributed by atoms with E-state index in [1.165, 1.54) is 6.07 Å². The summed E-state index contributed by atoms with van der Waals surface area (Å²) in [5.74, 6) is -1.50. The van der Waals surface area contributed by atoms with Crippen molar-refractivity contribution in [1.29, 1.82) is 0 Å². The maximum atomic E-state index is 14.1. The molecule has 1 unspecified atom stereocenters. The molecule has 1 fully saturated rings. The SMILES string of the molecule is CCC1CNC(CC)(CC)CN1c1cccc(F)c1F. The number of hydrogen-bond acceptors (Lipinski definition) is 2. The Morgan fingerprint density at radius 2 is 1.95 bits per heavy atom. The summed E-state index contributed by atoms with van der Waals surface area (Å²) in [5.41, 5.74) is 0.384. The summed E-state index contributed by atoms with van der Waals surface area (Å²) >= 11 is 0. The Balaban J connectivity index is 2.36. The Morgan fingerprint density at radius 1 is 1.25 bits per heavy atom. The third kappa shape index (κ3) is 2.66. The van der Waals surface area contributed by atoms with Crippen LogP contribution in [-0.2, 0) is 0 Å². The summed E-state index contributed by atoms with van der Waals surface area (Å²) in [5, 5.41) is 3.61. The number of nitrogens with zero attached hydrogens (tertiary/aromatic N) is 1. The fourth-order valence-corrected chi connectivity index (χ4v) is 3.04. The van der Waals surface area contributed by atoms with Crippen LogP contribution in [0, 0.1) is 11.6 Å². The van der Waals surface area contributed by atoms with Crippen LogP contribution in [0.5, 0.6) is 0 Å². The molecule has 0 bridgehead atoms. The van der Waals surface area contributed by atoms with E-state index in [1.807, 2.05) is 4.90 Å². The molecule has 1 aromatic carbocycles. The molecule has 0 radical (unpaired) electrons. The largest absolute Gasteiger partial charge is 0.363 e. The van der Waals surface area contributed by atoms with Crippen LogP contribution in [0.4, 0.5) is 14.5 Å². The zero-order valence-corrected chi connectivity index (χ0v) is 12.5. The number of halogens is 2. The van der Waals surface area contributed by atoms with Gasteiger partial charge in [0.15, 0.2) is 11.6 Å². The van der Waals surface area contributed by atoms with Crippen LogP contribution in [0.15, 0.2) is 18.2 Å². The summed E-state index contributed by atoms with van der Waals surface area (Å²) in [7, 11) is 0. The molecule has 2 nitrogen and oxygen atoms in total. The molecule has 1 aliphatic rings. The van der Waals surface area contributed by atoms with Crippen molar-refractivity contribution in [2.45, 2.75) is 51.6 Å². The van der Waals surface area contributed by atoms with Crippen molar-refractivity contribution in [3.05, 3.63) is 29.8 Å². The summed E-state index contributed by atoms with van der Waals surface area (Å²) in [6.07, 6.45) is 2.87. The van der Waals surface area contributed by atoms with E-state index in [-0.39, 0.29) is 11.6 Å². The molecule has 1 atom stereocenters. The summed E-state index contributed by atoms with van der Waals surface area (Å²) < 4.78 is 27.6. The smallest absolute Gasteiger partial charge is 0.182 e. The van der Waals surface area contributed by atoms with Gasteiger partial charge in [-0.25, -0.2) is 8.78 Å². The van der Waals surface area contributed by atoms with E-state index in [4.69, 9.17) is 0 Å². The van der Waals surface area contributed by atoms with Crippen molar-refractivity contribution in [2.75, 3.05) is 18.0 Å². The first-order valence-electron chi connectivity index (χ1n) is 7.52. The molecular weight excluding hydrogens is 258 g/mol. The van der Waals surface area contributed by atoms with Crippen molar-refractivity contribution >= 4 is 5.69 Å². The van der Waals surface area contributed by atoms with Gasteiger partial charge < -0.3 is 10.2 Å². The van der Waals surface area contributed by atoms with E-state index in [2.05, 4.69) is 26.1 Å². The van der Waals surface area contributed by atoms with Crippen molar-refractivity contribution in [1.82, 2.24) is 5.32 Å². The Labute approximate surface area is 120 Å². The van der Waals surface area contributed by atoms with Gasteiger partial charge in [-0.1, -0.05) is 26.8 Å². The van der Waals surface area contributed by atoms with Gasteiger partial charge in [0.2, 0.25) is 0 Å². The number of nitrogens with one attached hydrogen (secondary N) is 1. The first kappa shape index (κ1) is 15.2. The molecule has 20 heavy (non-hydrogen) atoms. The monoisotopic (exact) mass is 282 g/mol. The molecule has 1 N–H and O–H groups in total. The van der Waals surface area contributed by atoms with E-state index in [9.17, 15) is 8.78 Å². The van der Waals surface area contributed by atoms with Gasteiger partial charge >= 0.3 is 0 Å². The predicted molar refractivity (Wildman–Crippen MR) is 79.1 cm³/mol. The normalized spacial score (nSPS) is 22.1. The molecule has 1 aromatic rings. The lowest BCUT2D eigenvalue weighted by molar-refractivity contribution is 0.244. The first-order chi connectivity index (χ1) is 9.56. The maximum absolute atomic E-state index is 14.1. The van der Waals surface area contributed by atoms with E-state index >= 15 is 0 Å². The minimum Gasteiger partial charge on any atom is -0.363 e. The van der Waals surface area contributed by atoms with Crippen LogP contribution in [0.2, 0.25) is 0 Å². The van der Waals surface area contributed by atoms with Gasteiger partial charge in [0, 0.05) is 24.7 Å². The van der Waals surface area contributed by atoms with Crippen LogP contribution < -0.4 is 10.2 Å². The van der Waals surface area contributed by atoms with Crippen molar-refractivity contribution < 1.29 is 8.78 Å². The number of hydrogen-bond donors (Lipinski definition) is 1. The van der Waals surface area contributed by atoms with E-state index < -0.39 is 11.6 Å². The second kappa shape index (κ2) is 6.08. The second-order valence-electron chi connectivity index (χ2n) is 5.63. The highest BCUT2D eigenvalue weighted by Crippen LogP contribution is 2.31. The predicted octanol–water partition coefficient (Wildman–Crippen LogP) is 3.71. The van der Waals surface area contributed by atoms with Gasteiger partial charge in [0.1, 0.15) is 0 Å². The minimum absolute atomic E-state index is 0.00950. The standard InChI is InChI=1S/C16H24F2N2/c1-4-12-10-19-16(5-2,6-3)11-20(12)14-9-7-8-13(17)15(14)18/h7-9,12,19H,4-6,10-11H2,1-3H3. The van der Waals surface area contributed by atoms with E-state index in [0.717, 1.165) is 32.4 Å². The van der Waals surface area contributed by atoms with Crippen LogP contribution >= 0.6 is 0 Å². The minimum atomic E-state index is -0.769. The number of piperazine rings is 1. The molecule has 4 heteroatoms. The Kier molecular flexibility index (Phi) is 4.63. The van der Waals surface area contributed by atoms with Crippen LogP contribution in [0.3, 0.4) is 0 Å². The fraction of sp³-hybridized carbons (Fsp3) is 0.625. The highest BCUT2D eigenvalue weighted by Gasteiger charge is 2.37. The van der Waals surface area contributed by atoms with E-state index in [0.29, 0.717) is 5.69 Å². The van der Waals surface area contributed by atoms with Gasteiger partial charge in [-0.15, -0.1) is 0 Å². The molecular formula is C16H24F2N2. The Hall–Kier alpha value is -1.16. The van der Waals surface area contributed by atoms with Crippen LogP contribution in [0.1, 0.15) is 40.0 Å². The fourth-order valence-electron chi connectivity index (χ4n) is 3.04. The molecule has 112 valence electrons. The lowest BCUT2D eigenvalue weighted by Crippen LogP contribution is -2.64. The molecule has 2 rings (SSSR count). The average molecular weight is 282 g/mol. The zero-order valence-electron chi connectivity index (χ0n) is 12.5. The second-order valence-corrected chi connectivity index (χ2v) is 5.63. The van der Waals surface area contributed by atoms with Crippen LogP contribution in [-0.4, -0.2) is 24.7 Å². The quantitative estimate of drug-likeness (QED) is 0.905. The molecule has 0 aliphatic carbocycles. The first-order valence-corrected chi connectivity index (χ1v) is 7.52. The van der Waals surface area contributed by atoms with E-state index in [1.54, 1.807) is 12.1 Å². The Bertz CT molecular complexity index is 458. The highest BCUT2D eigenvalue weighted by molar-refractivity contribution is 5.50. The lowest BCUT2D eigenvalue weighted by atomic mass is 9.87. The summed E-state index contributed by atoms with van der Waals surface area (Å²) in [6.45, 7) is 7.90. The maximum Gasteiger partial charge on any atom is 0.182 e. The third-order valence-electron chi connectivity index (χ3n) is 4.69. The summed E-state index contributed by atoms with van der Waals surface area (Å²) in [6, 6.07) is 4.65. The van der Waals surface area contributed by atoms with Crippen molar-refractivity contribution in [2.24, 2.45) is 0 Å². The zero-order chi connectivity index (χ0) is 14.8. The van der Waals surface area contributed by atoms with Gasteiger partial charge in [-0.05, 0) is 31.4 Å². The molecule has 0 saturated carbocycles. The average Bonchev–Trinajstić information content (AvgIpc) is 2.49. The topological polar surface area (TPSA) is 15.3 Å². The molecule has 1 aliphatic heterocycles. The molecule has 0 amide bonds. The number of rotatable bonds is 4. The van der Waals surface area contributed by atoms with Gasteiger partial charge in [-0.2, -0.15) is 0 Å². The highest BCUT2D eigenvalue weighted by atomic mass is 19.2. The molecule has 0 spiro atoms. The van der Waals surface area contributed by atoms with Gasteiger partial charge in [0.05, 0.1) is 5.69 Å². The molecule has 1 heterocycles. The van der Waals surface area contributed by atoms with Gasteiger partial charge in [-0.3, -0.25) is 0 Å². The lowest BCUT2D eigenvalue weighted by Gasteiger charge is -2.48.